The first kappa shape index (κ1) is 8.42. The molecule has 0 radical (unpaired) electrons. The summed E-state index contributed by atoms with van der Waals surface area (Å²) in [6.07, 6.45) is 0. The first-order valence-corrected chi connectivity index (χ1v) is 3.74. The molecule has 64 valence electrons. The van der Waals surface area contributed by atoms with Gasteiger partial charge in [0.05, 0.1) is 39.5 Å². The van der Waals surface area contributed by atoms with Crippen molar-refractivity contribution in [2.24, 2.45) is 10.3 Å². The molecule has 1 aliphatic heterocycles. The molecular weight excluding hydrogens is 146 g/mol. The van der Waals surface area contributed by atoms with Gasteiger partial charge in [-0.15, -0.1) is 0 Å². The summed E-state index contributed by atoms with van der Waals surface area (Å²) in [6, 6.07) is 0. The molecule has 0 aromatic heterocycles. The third-order valence-electron chi connectivity index (χ3n) is 1.38. The van der Waals surface area contributed by atoms with E-state index >= 15 is 0 Å². The highest BCUT2D eigenvalue weighted by atomic mass is 16.5. The second kappa shape index (κ2) is 5.03. The fourth-order valence-corrected chi connectivity index (χ4v) is 0.832. The number of ether oxygens (including phenoxy) is 1. The highest BCUT2D eigenvalue weighted by molar-refractivity contribution is 4.56. The first-order chi connectivity index (χ1) is 5.43. The number of nitrogens with zero attached hydrogens (tertiary/aromatic N) is 3. The van der Waals surface area contributed by atoms with Gasteiger partial charge in [0.1, 0.15) is 0 Å². The minimum atomic E-state index is 0.0848. The van der Waals surface area contributed by atoms with Gasteiger partial charge in [-0.25, -0.2) is 0 Å². The predicted octanol–water partition coefficient (Wildman–Crippen LogP) is -0.322. The van der Waals surface area contributed by atoms with Crippen LogP contribution < -0.4 is 0 Å². The molecule has 0 bridgehead atoms. The molecule has 1 N–H and O–H groups in total. The van der Waals surface area contributed by atoms with E-state index < -0.39 is 0 Å². The molecule has 0 spiro atoms. The molecule has 1 rings (SSSR count). The molecule has 5 heteroatoms. The Kier molecular flexibility index (Phi) is 3.85. The van der Waals surface area contributed by atoms with E-state index in [0.29, 0.717) is 13.2 Å². The van der Waals surface area contributed by atoms with Gasteiger partial charge in [0.2, 0.25) is 0 Å². The second-order valence-electron chi connectivity index (χ2n) is 2.24. The highest BCUT2D eigenvalue weighted by Crippen LogP contribution is 1.98. The van der Waals surface area contributed by atoms with Gasteiger partial charge in [0.15, 0.2) is 0 Å². The number of hydrogen-bond donors (Lipinski definition) is 1. The molecule has 0 aromatic carbocycles. The molecule has 1 aliphatic rings. The summed E-state index contributed by atoms with van der Waals surface area (Å²) in [5, 5.41) is 17.9. The Morgan fingerprint density at radius 3 is 3.00 bits per heavy atom. The standard InChI is InChI=1S/C6H13N3O2/c10-4-6-11-5-3-9-2-1-7-8-9/h10H,1-6H2. The van der Waals surface area contributed by atoms with Gasteiger partial charge in [0, 0.05) is 0 Å². The Labute approximate surface area is 65.6 Å². The maximum absolute atomic E-state index is 8.38. The van der Waals surface area contributed by atoms with Gasteiger partial charge in [-0.2, -0.15) is 5.11 Å². The van der Waals surface area contributed by atoms with Crippen molar-refractivity contribution in [1.29, 1.82) is 0 Å². The minimum Gasteiger partial charge on any atom is -0.394 e. The lowest BCUT2D eigenvalue weighted by Crippen LogP contribution is -2.21. The highest BCUT2D eigenvalue weighted by Gasteiger charge is 2.05. The number of rotatable bonds is 5. The van der Waals surface area contributed by atoms with E-state index in [1.165, 1.54) is 0 Å². The van der Waals surface area contributed by atoms with E-state index in [1.54, 1.807) is 0 Å². The molecule has 1 heterocycles. The van der Waals surface area contributed by atoms with Crippen molar-refractivity contribution in [3.8, 4) is 0 Å². The fourth-order valence-electron chi connectivity index (χ4n) is 0.832. The van der Waals surface area contributed by atoms with Gasteiger partial charge in [-0.1, -0.05) is 5.22 Å². The zero-order valence-electron chi connectivity index (χ0n) is 6.44. The van der Waals surface area contributed by atoms with Crippen molar-refractivity contribution in [3.05, 3.63) is 0 Å². The van der Waals surface area contributed by atoms with E-state index in [9.17, 15) is 0 Å². The maximum Gasteiger partial charge on any atom is 0.0813 e. The Morgan fingerprint density at radius 1 is 1.45 bits per heavy atom. The number of aliphatic hydroxyl groups excluding tert-OH is 1. The molecule has 11 heavy (non-hydrogen) atoms. The van der Waals surface area contributed by atoms with E-state index in [0.717, 1.165) is 19.6 Å². The number of aliphatic hydroxyl groups is 1. The zero-order valence-corrected chi connectivity index (χ0v) is 6.44. The Balaban J connectivity index is 1.90. The smallest absolute Gasteiger partial charge is 0.0813 e. The van der Waals surface area contributed by atoms with Crippen LogP contribution in [0.4, 0.5) is 0 Å². The van der Waals surface area contributed by atoms with E-state index in [2.05, 4.69) is 10.3 Å². The SMILES string of the molecule is OCCOCCN1CCN=N1. The van der Waals surface area contributed by atoms with Crippen LogP contribution in [0, 0.1) is 0 Å². The normalized spacial score (nSPS) is 16.3. The van der Waals surface area contributed by atoms with Gasteiger partial charge >= 0.3 is 0 Å². The van der Waals surface area contributed by atoms with Gasteiger partial charge < -0.3 is 9.84 Å². The van der Waals surface area contributed by atoms with Crippen molar-refractivity contribution in [2.45, 2.75) is 0 Å². The molecule has 0 aliphatic carbocycles. The lowest BCUT2D eigenvalue weighted by Gasteiger charge is -2.10. The van der Waals surface area contributed by atoms with Crippen molar-refractivity contribution in [2.75, 3.05) is 39.5 Å². The molecular formula is C6H13N3O2. The van der Waals surface area contributed by atoms with Crippen LogP contribution in [0.1, 0.15) is 0 Å². The average molecular weight is 159 g/mol. The van der Waals surface area contributed by atoms with Crippen LogP contribution in [0.5, 0.6) is 0 Å². The first-order valence-electron chi connectivity index (χ1n) is 3.74. The predicted molar refractivity (Wildman–Crippen MR) is 39.2 cm³/mol. The fraction of sp³-hybridized carbons (Fsp3) is 1.00. The molecule has 0 unspecified atom stereocenters. The van der Waals surface area contributed by atoms with Crippen molar-refractivity contribution < 1.29 is 9.84 Å². The largest absolute Gasteiger partial charge is 0.394 e. The van der Waals surface area contributed by atoms with Crippen molar-refractivity contribution in [1.82, 2.24) is 5.01 Å². The lowest BCUT2D eigenvalue weighted by molar-refractivity contribution is 0.0764. The summed E-state index contributed by atoms with van der Waals surface area (Å²) in [7, 11) is 0. The van der Waals surface area contributed by atoms with E-state index in [4.69, 9.17) is 9.84 Å². The Hall–Kier alpha value is -0.680. The van der Waals surface area contributed by atoms with E-state index in [1.807, 2.05) is 5.01 Å². The van der Waals surface area contributed by atoms with Crippen molar-refractivity contribution >= 4 is 0 Å². The van der Waals surface area contributed by atoms with Crippen LogP contribution in [0.15, 0.2) is 10.3 Å². The average Bonchev–Trinajstić information content (AvgIpc) is 2.50. The monoisotopic (exact) mass is 159 g/mol. The third kappa shape index (κ3) is 3.29. The van der Waals surface area contributed by atoms with Crippen LogP contribution in [0.2, 0.25) is 0 Å². The quantitative estimate of drug-likeness (QED) is 0.559. The summed E-state index contributed by atoms with van der Waals surface area (Å²) < 4.78 is 5.05. The van der Waals surface area contributed by atoms with Gasteiger partial charge in [-0.05, 0) is 0 Å². The molecule has 0 atom stereocenters. The Morgan fingerprint density at radius 2 is 2.36 bits per heavy atom. The molecule has 0 fully saturated rings. The van der Waals surface area contributed by atoms with Crippen molar-refractivity contribution in [3.63, 3.8) is 0 Å². The second-order valence-corrected chi connectivity index (χ2v) is 2.24. The van der Waals surface area contributed by atoms with Gasteiger partial charge in [0.25, 0.3) is 0 Å². The zero-order chi connectivity index (χ0) is 7.94. The Bertz CT molecular complexity index is 129. The van der Waals surface area contributed by atoms with Crippen LogP contribution >= 0.6 is 0 Å². The molecule has 0 saturated carbocycles. The van der Waals surface area contributed by atoms with Crippen LogP contribution in [0.25, 0.3) is 0 Å². The molecule has 0 saturated heterocycles. The van der Waals surface area contributed by atoms with Crippen LogP contribution in [-0.2, 0) is 4.74 Å². The molecule has 0 amide bonds. The summed E-state index contributed by atoms with van der Waals surface area (Å²) in [6.45, 7) is 3.55. The van der Waals surface area contributed by atoms with Gasteiger partial charge in [-0.3, -0.25) is 5.01 Å². The maximum atomic E-state index is 8.38. The molecule has 0 aromatic rings. The minimum absolute atomic E-state index is 0.0848. The summed E-state index contributed by atoms with van der Waals surface area (Å²) >= 11 is 0. The summed E-state index contributed by atoms with van der Waals surface area (Å²) in [5.74, 6) is 0. The molecule has 5 nitrogen and oxygen atoms in total. The summed E-state index contributed by atoms with van der Waals surface area (Å²) in [5.41, 5.74) is 0. The lowest BCUT2D eigenvalue weighted by atomic mass is 10.6. The van der Waals surface area contributed by atoms with E-state index in [-0.39, 0.29) is 6.61 Å². The summed E-state index contributed by atoms with van der Waals surface area (Å²) in [4.78, 5) is 0. The number of hydrogen-bond acceptors (Lipinski definition) is 5. The van der Waals surface area contributed by atoms with Crippen LogP contribution in [0.3, 0.4) is 0 Å². The van der Waals surface area contributed by atoms with Crippen LogP contribution in [-0.4, -0.2) is 49.6 Å². The topological polar surface area (TPSA) is 57.4 Å². The third-order valence-corrected chi connectivity index (χ3v) is 1.38.